The van der Waals surface area contributed by atoms with Crippen molar-refractivity contribution in [2.24, 2.45) is 0 Å². The Morgan fingerprint density at radius 2 is 2.37 bits per heavy atom. The number of rotatable bonds is 6. The fraction of sp³-hybridized carbons (Fsp3) is 0.600. The molecule has 1 heterocycles. The van der Waals surface area contributed by atoms with E-state index in [9.17, 15) is 0 Å². The van der Waals surface area contributed by atoms with Crippen LogP contribution in [0.3, 0.4) is 0 Å². The van der Waals surface area contributed by atoms with Crippen molar-refractivity contribution in [3.8, 4) is 5.75 Å². The van der Waals surface area contributed by atoms with E-state index >= 15 is 0 Å². The predicted molar refractivity (Wildman–Crippen MR) is 83.1 cm³/mol. The number of hydrogen-bond acceptors (Lipinski definition) is 4. The Morgan fingerprint density at radius 1 is 1.47 bits per heavy atom. The summed E-state index contributed by atoms with van der Waals surface area (Å²) in [6.07, 6.45) is 0. The van der Waals surface area contributed by atoms with Crippen LogP contribution in [0.25, 0.3) is 0 Å². The molecule has 0 amide bonds. The lowest BCUT2D eigenvalue weighted by atomic mass is 10.2. The third kappa shape index (κ3) is 5.05. The highest BCUT2D eigenvalue weighted by molar-refractivity contribution is 7.99. The minimum Gasteiger partial charge on any atom is -0.492 e. The Kier molecular flexibility index (Phi) is 6.01. The number of hydrogen-bond donors (Lipinski definition) is 1. The van der Waals surface area contributed by atoms with Gasteiger partial charge in [-0.25, -0.2) is 0 Å². The smallest absolute Gasteiger partial charge is 0.119 e. The monoisotopic (exact) mass is 280 g/mol. The predicted octanol–water partition coefficient (Wildman–Crippen LogP) is 2.22. The summed E-state index contributed by atoms with van der Waals surface area (Å²) < 4.78 is 5.85. The first kappa shape index (κ1) is 14.7. The molecule has 1 fully saturated rings. The van der Waals surface area contributed by atoms with Crippen LogP contribution in [0.1, 0.15) is 12.5 Å². The van der Waals surface area contributed by atoms with E-state index in [4.69, 9.17) is 4.74 Å². The van der Waals surface area contributed by atoms with E-state index in [0.29, 0.717) is 0 Å². The second-order valence-electron chi connectivity index (χ2n) is 5.01. The highest BCUT2D eigenvalue weighted by Gasteiger charge is 2.15. The molecule has 106 valence electrons. The van der Waals surface area contributed by atoms with Crippen LogP contribution < -0.4 is 10.1 Å². The molecular weight excluding hydrogens is 256 g/mol. The van der Waals surface area contributed by atoms with Gasteiger partial charge in [-0.1, -0.05) is 19.1 Å². The summed E-state index contributed by atoms with van der Waals surface area (Å²) in [7, 11) is 1.96. The molecule has 4 heteroatoms. The third-order valence-corrected chi connectivity index (χ3v) is 4.42. The first-order chi connectivity index (χ1) is 9.28. The van der Waals surface area contributed by atoms with Crippen molar-refractivity contribution < 1.29 is 4.74 Å². The van der Waals surface area contributed by atoms with E-state index in [2.05, 4.69) is 47.1 Å². The Hall–Kier alpha value is -0.710. The lowest BCUT2D eigenvalue weighted by Gasteiger charge is -2.30. The molecule has 1 aromatic carbocycles. The Morgan fingerprint density at radius 3 is 3.16 bits per heavy atom. The molecule has 0 aromatic heterocycles. The van der Waals surface area contributed by atoms with Crippen LogP contribution in [-0.4, -0.2) is 49.2 Å². The van der Waals surface area contributed by atoms with Crippen LogP contribution in [0.4, 0.5) is 0 Å². The summed E-state index contributed by atoms with van der Waals surface area (Å²) in [5, 5.41) is 3.91. The van der Waals surface area contributed by atoms with Gasteiger partial charge in [0.05, 0.1) is 0 Å². The van der Waals surface area contributed by atoms with Crippen molar-refractivity contribution in [3.63, 3.8) is 0 Å². The van der Waals surface area contributed by atoms with Crippen molar-refractivity contribution in [2.45, 2.75) is 18.7 Å². The zero-order chi connectivity index (χ0) is 13.5. The van der Waals surface area contributed by atoms with Gasteiger partial charge in [0, 0.05) is 37.2 Å². The molecule has 1 aliphatic rings. The molecule has 2 rings (SSSR count). The summed E-state index contributed by atoms with van der Waals surface area (Å²) >= 11 is 2.07. The van der Waals surface area contributed by atoms with Crippen molar-refractivity contribution in [1.82, 2.24) is 10.2 Å². The summed E-state index contributed by atoms with van der Waals surface area (Å²) in [5.74, 6) is 2.23. The molecule has 0 saturated carbocycles. The van der Waals surface area contributed by atoms with Crippen molar-refractivity contribution >= 4 is 11.8 Å². The second-order valence-corrected chi connectivity index (χ2v) is 6.55. The average Bonchev–Trinajstić information content (AvgIpc) is 2.40. The fourth-order valence-electron chi connectivity index (χ4n) is 2.34. The quantitative estimate of drug-likeness (QED) is 0.863. The summed E-state index contributed by atoms with van der Waals surface area (Å²) in [6.45, 7) is 7.38. The van der Waals surface area contributed by atoms with Crippen molar-refractivity contribution in [2.75, 3.05) is 39.0 Å². The molecule has 0 radical (unpaired) electrons. The number of ether oxygens (including phenoxy) is 1. The zero-order valence-corrected chi connectivity index (χ0v) is 12.7. The van der Waals surface area contributed by atoms with Crippen LogP contribution in [0.2, 0.25) is 0 Å². The fourth-order valence-corrected chi connectivity index (χ4v) is 3.42. The Bertz CT molecular complexity index is 386. The number of nitrogens with zero attached hydrogens (tertiary/aromatic N) is 1. The minimum atomic E-state index is 0.757. The topological polar surface area (TPSA) is 24.5 Å². The standard InChI is InChI=1S/C15H24N2OS/c1-13-12-17(7-9-19-13)6-8-18-15-5-3-4-14(10-15)11-16-2/h3-5,10,13,16H,6-9,11-12H2,1-2H3. The van der Waals surface area contributed by atoms with Gasteiger partial charge in [-0.15, -0.1) is 0 Å². The highest BCUT2D eigenvalue weighted by atomic mass is 32.2. The highest BCUT2D eigenvalue weighted by Crippen LogP contribution is 2.18. The van der Waals surface area contributed by atoms with Gasteiger partial charge in [-0.3, -0.25) is 4.90 Å². The molecule has 1 saturated heterocycles. The first-order valence-electron chi connectivity index (χ1n) is 6.98. The maximum Gasteiger partial charge on any atom is 0.119 e. The van der Waals surface area contributed by atoms with Gasteiger partial charge < -0.3 is 10.1 Å². The van der Waals surface area contributed by atoms with E-state index < -0.39 is 0 Å². The maximum atomic E-state index is 5.85. The van der Waals surface area contributed by atoms with E-state index in [0.717, 1.165) is 30.7 Å². The molecule has 0 spiro atoms. The van der Waals surface area contributed by atoms with Crippen LogP contribution >= 0.6 is 11.8 Å². The average molecular weight is 280 g/mol. The van der Waals surface area contributed by atoms with Gasteiger partial charge in [0.15, 0.2) is 0 Å². The third-order valence-electron chi connectivity index (χ3n) is 3.28. The van der Waals surface area contributed by atoms with E-state index in [1.807, 2.05) is 13.1 Å². The molecule has 0 aliphatic carbocycles. The Labute approximate surface area is 120 Å². The van der Waals surface area contributed by atoms with Gasteiger partial charge >= 0.3 is 0 Å². The van der Waals surface area contributed by atoms with Crippen LogP contribution in [-0.2, 0) is 6.54 Å². The van der Waals surface area contributed by atoms with Gasteiger partial charge in [-0.05, 0) is 24.7 Å². The summed E-state index contributed by atoms with van der Waals surface area (Å²) in [4.78, 5) is 2.50. The molecule has 3 nitrogen and oxygen atoms in total. The normalized spacial score (nSPS) is 20.4. The summed E-state index contributed by atoms with van der Waals surface area (Å²) in [6, 6.07) is 8.33. The molecule has 1 aliphatic heterocycles. The van der Waals surface area contributed by atoms with Gasteiger partial charge in [0.2, 0.25) is 0 Å². The van der Waals surface area contributed by atoms with Crippen LogP contribution in [0.5, 0.6) is 5.75 Å². The number of benzene rings is 1. The van der Waals surface area contributed by atoms with Crippen LogP contribution in [0, 0.1) is 0 Å². The lowest BCUT2D eigenvalue weighted by Crippen LogP contribution is -2.39. The van der Waals surface area contributed by atoms with Gasteiger partial charge in [0.1, 0.15) is 12.4 Å². The molecular formula is C15H24N2OS. The Balaban J connectivity index is 1.74. The zero-order valence-electron chi connectivity index (χ0n) is 11.9. The van der Waals surface area contributed by atoms with E-state index in [-0.39, 0.29) is 0 Å². The molecule has 1 unspecified atom stereocenters. The maximum absolute atomic E-state index is 5.85. The largest absolute Gasteiger partial charge is 0.492 e. The number of thioether (sulfide) groups is 1. The second kappa shape index (κ2) is 7.78. The minimum absolute atomic E-state index is 0.757. The molecule has 1 aromatic rings. The molecule has 19 heavy (non-hydrogen) atoms. The van der Waals surface area contributed by atoms with Crippen molar-refractivity contribution in [1.29, 1.82) is 0 Å². The first-order valence-corrected chi connectivity index (χ1v) is 8.03. The van der Waals surface area contributed by atoms with Crippen LogP contribution in [0.15, 0.2) is 24.3 Å². The lowest BCUT2D eigenvalue weighted by molar-refractivity contribution is 0.215. The van der Waals surface area contributed by atoms with E-state index in [1.165, 1.54) is 24.4 Å². The SMILES string of the molecule is CNCc1cccc(OCCN2CCSC(C)C2)c1. The van der Waals surface area contributed by atoms with Crippen molar-refractivity contribution in [3.05, 3.63) is 29.8 Å². The van der Waals surface area contributed by atoms with Gasteiger partial charge in [-0.2, -0.15) is 11.8 Å². The molecule has 1 N–H and O–H groups in total. The molecule has 1 atom stereocenters. The number of nitrogens with one attached hydrogen (secondary N) is 1. The van der Waals surface area contributed by atoms with E-state index in [1.54, 1.807) is 0 Å². The summed E-state index contributed by atoms with van der Waals surface area (Å²) in [5.41, 5.74) is 1.27. The molecule has 0 bridgehead atoms. The van der Waals surface area contributed by atoms with Gasteiger partial charge in [0.25, 0.3) is 0 Å².